The number of rotatable bonds is 4. The van der Waals surface area contributed by atoms with E-state index < -0.39 is 11.6 Å². The Bertz CT molecular complexity index is 369. The van der Waals surface area contributed by atoms with Crippen LogP contribution in [0.1, 0.15) is 6.92 Å². The Balaban J connectivity index is 2.87. The number of aromatic nitrogens is 1. The third kappa shape index (κ3) is 2.88. The topological polar surface area (TPSA) is 60.2 Å². The van der Waals surface area contributed by atoms with Crippen LogP contribution < -0.4 is 16.0 Å². The van der Waals surface area contributed by atoms with Crippen LogP contribution >= 0.6 is 0 Å². The second kappa shape index (κ2) is 5.26. The highest BCUT2D eigenvalue weighted by molar-refractivity contribution is 5.38. The molecule has 6 heteroatoms. The maximum Gasteiger partial charge on any atom is 0.252 e. The van der Waals surface area contributed by atoms with Crippen LogP contribution in [0.3, 0.4) is 0 Å². The summed E-state index contributed by atoms with van der Waals surface area (Å²) in [5, 5.41) is 0. The lowest BCUT2D eigenvalue weighted by atomic mass is 10.4. The molecule has 0 saturated heterocycles. The van der Waals surface area contributed by atoms with E-state index in [1.807, 2.05) is 5.43 Å². The largest absolute Gasteiger partial charge is 0.471 e. The number of ether oxygens (including phenoxy) is 1. The summed E-state index contributed by atoms with van der Waals surface area (Å²) in [5.74, 6) is 2.70. The third-order valence-electron chi connectivity index (χ3n) is 1.59. The monoisotopic (exact) mass is 215 g/mol. The zero-order valence-electron chi connectivity index (χ0n) is 8.13. The first-order valence-electron chi connectivity index (χ1n) is 4.25. The molecule has 0 saturated carbocycles. The van der Waals surface area contributed by atoms with Crippen molar-refractivity contribution < 1.29 is 13.5 Å². The molecule has 0 amide bonds. The second-order valence-electron chi connectivity index (χ2n) is 2.63. The summed E-state index contributed by atoms with van der Waals surface area (Å²) >= 11 is 0. The third-order valence-corrected chi connectivity index (χ3v) is 1.59. The van der Waals surface area contributed by atoms with Gasteiger partial charge in [-0.3, -0.25) is 0 Å². The van der Waals surface area contributed by atoms with E-state index >= 15 is 0 Å². The van der Waals surface area contributed by atoms with E-state index in [2.05, 4.69) is 4.98 Å². The van der Waals surface area contributed by atoms with Crippen molar-refractivity contribution >= 4 is 5.82 Å². The van der Waals surface area contributed by atoms with Crippen LogP contribution in [0.25, 0.3) is 0 Å². The van der Waals surface area contributed by atoms with Crippen LogP contribution in [0.4, 0.5) is 14.6 Å². The molecule has 82 valence electrons. The van der Waals surface area contributed by atoms with Crippen molar-refractivity contribution in [2.45, 2.75) is 6.92 Å². The van der Waals surface area contributed by atoms with Crippen LogP contribution in [0.15, 0.2) is 18.2 Å². The molecule has 1 aromatic rings. The fourth-order valence-electron chi connectivity index (χ4n) is 0.875. The predicted molar refractivity (Wildman–Crippen MR) is 52.3 cm³/mol. The maximum atomic E-state index is 13.1. The molecule has 0 atom stereocenters. The quantitative estimate of drug-likeness (QED) is 0.455. The van der Waals surface area contributed by atoms with Gasteiger partial charge in [-0.1, -0.05) is 12.2 Å². The molecule has 0 aromatic carbocycles. The standard InChI is InChI=1S/C9H11F2N3O/c1-2-3-4-15-9-7(11)5-6(10)8(13-9)14-12/h2-3,5H,4,12H2,1H3,(H,13,14)/b3-2+. The second-order valence-corrected chi connectivity index (χ2v) is 2.63. The summed E-state index contributed by atoms with van der Waals surface area (Å²) in [7, 11) is 0. The van der Waals surface area contributed by atoms with Crippen molar-refractivity contribution in [3.63, 3.8) is 0 Å². The molecular formula is C9H11F2N3O. The SMILES string of the molecule is C/C=C/COc1nc(NN)c(F)cc1F. The van der Waals surface area contributed by atoms with E-state index in [1.165, 1.54) is 0 Å². The zero-order chi connectivity index (χ0) is 11.3. The number of allylic oxidation sites excluding steroid dienone is 1. The summed E-state index contributed by atoms with van der Waals surface area (Å²) in [4.78, 5) is 3.52. The van der Waals surface area contributed by atoms with Crippen molar-refractivity contribution in [3.8, 4) is 5.88 Å². The molecule has 0 fully saturated rings. The molecular weight excluding hydrogens is 204 g/mol. The minimum Gasteiger partial charge on any atom is -0.471 e. The minimum atomic E-state index is -0.867. The van der Waals surface area contributed by atoms with Crippen molar-refractivity contribution in [3.05, 3.63) is 29.9 Å². The Morgan fingerprint density at radius 1 is 1.53 bits per heavy atom. The van der Waals surface area contributed by atoms with E-state index in [0.29, 0.717) is 6.07 Å². The number of nitrogens with one attached hydrogen (secondary N) is 1. The molecule has 0 radical (unpaired) electrons. The Morgan fingerprint density at radius 2 is 2.27 bits per heavy atom. The van der Waals surface area contributed by atoms with Crippen molar-refractivity contribution in [1.82, 2.24) is 4.98 Å². The Hall–Kier alpha value is -1.69. The van der Waals surface area contributed by atoms with Crippen molar-refractivity contribution in [2.24, 2.45) is 5.84 Å². The van der Waals surface area contributed by atoms with Crippen LogP contribution in [0.5, 0.6) is 5.88 Å². The lowest BCUT2D eigenvalue weighted by Gasteiger charge is -2.06. The van der Waals surface area contributed by atoms with Crippen molar-refractivity contribution in [1.29, 1.82) is 0 Å². The average molecular weight is 215 g/mol. The molecule has 1 rings (SSSR count). The fraction of sp³-hybridized carbons (Fsp3) is 0.222. The Morgan fingerprint density at radius 3 is 2.87 bits per heavy atom. The number of nitrogen functional groups attached to an aromatic ring is 1. The fourth-order valence-corrected chi connectivity index (χ4v) is 0.875. The molecule has 0 aliphatic carbocycles. The molecule has 3 N–H and O–H groups in total. The van der Waals surface area contributed by atoms with Gasteiger partial charge in [-0.05, 0) is 6.92 Å². The van der Waals surface area contributed by atoms with Gasteiger partial charge in [0.25, 0.3) is 5.88 Å². The highest BCUT2D eigenvalue weighted by Crippen LogP contribution is 2.19. The van der Waals surface area contributed by atoms with Gasteiger partial charge in [0.2, 0.25) is 0 Å². The van der Waals surface area contributed by atoms with E-state index in [1.54, 1.807) is 19.1 Å². The minimum absolute atomic E-state index is 0.163. The first kappa shape index (κ1) is 11.4. The van der Waals surface area contributed by atoms with Gasteiger partial charge in [0, 0.05) is 6.07 Å². The Kier molecular flexibility index (Phi) is 3.99. The van der Waals surface area contributed by atoms with Gasteiger partial charge in [-0.25, -0.2) is 14.6 Å². The smallest absolute Gasteiger partial charge is 0.252 e. The van der Waals surface area contributed by atoms with E-state index in [9.17, 15) is 8.78 Å². The number of anilines is 1. The van der Waals surface area contributed by atoms with Crippen LogP contribution in [0, 0.1) is 11.6 Å². The van der Waals surface area contributed by atoms with Crippen LogP contribution in [0.2, 0.25) is 0 Å². The van der Waals surface area contributed by atoms with E-state index in [0.717, 1.165) is 0 Å². The summed E-state index contributed by atoms with van der Waals surface area (Å²) in [6.45, 7) is 1.96. The molecule has 15 heavy (non-hydrogen) atoms. The van der Waals surface area contributed by atoms with Gasteiger partial charge in [0.15, 0.2) is 17.5 Å². The van der Waals surface area contributed by atoms with Gasteiger partial charge in [-0.2, -0.15) is 4.98 Å². The number of hydrogen-bond donors (Lipinski definition) is 2. The first-order chi connectivity index (χ1) is 7.19. The number of pyridine rings is 1. The summed E-state index contributed by atoms with van der Waals surface area (Å²) in [5.41, 5.74) is 2.00. The summed E-state index contributed by atoms with van der Waals surface area (Å²) in [6, 6.07) is 0.660. The number of nitrogens with two attached hydrogens (primary N) is 1. The van der Waals surface area contributed by atoms with Gasteiger partial charge in [0.05, 0.1) is 0 Å². The Labute approximate surface area is 85.7 Å². The van der Waals surface area contributed by atoms with Crippen LogP contribution in [-0.2, 0) is 0 Å². The van der Waals surface area contributed by atoms with Gasteiger partial charge in [0.1, 0.15) is 6.61 Å². The van der Waals surface area contributed by atoms with Gasteiger partial charge in [-0.15, -0.1) is 0 Å². The summed E-state index contributed by atoms with van der Waals surface area (Å²) < 4.78 is 30.9. The normalized spacial score (nSPS) is 10.7. The first-order valence-corrected chi connectivity index (χ1v) is 4.25. The average Bonchev–Trinajstić information content (AvgIpc) is 2.21. The lowest BCUT2D eigenvalue weighted by molar-refractivity contribution is 0.325. The van der Waals surface area contributed by atoms with Crippen LogP contribution in [-0.4, -0.2) is 11.6 Å². The molecule has 1 aromatic heterocycles. The molecule has 0 bridgehead atoms. The number of hydrazine groups is 1. The van der Waals surface area contributed by atoms with Gasteiger partial charge < -0.3 is 10.2 Å². The number of hydrogen-bond acceptors (Lipinski definition) is 4. The maximum absolute atomic E-state index is 13.1. The summed E-state index contributed by atoms with van der Waals surface area (Å²) in [6.07, 6.45) is 3.41. The molecule has 0 unspecified atom stereocenters. The van der Waals surface area contributed by atoms with Gasteiger partial charge >= 0.3 is 0 Å². The highest BCUT2D eigenvalue weighted by Gasteiger charge is 2.11. The number of nitrogens with zero attached hydrogens (tertiary/aromatic N) is 1. The zero-order valence-corrected chi connectivity index (χ0v) is 8.13. The molecule has 0 spiro atoms. The highest BCUT2D eigenvalue weighted by atomic mass is 19.1. The lowest BCUT2D eigenvalue weighted by Crippen LogP contribution is -2.12. The molecule has 0 aliphatic rings. The van der Waals surface area contributed by atoms with E-state index in [-0.39, 0.29) is 18.3 Å². The molecule has 0 aliphatic heterocycles. The predicted octanol–water partition coefficient (Wildman–Crippen LogP) is 1.60. The molecule has 4 nitrogen and oxygen atoms in total. The number of halogens is 2. The van der Waals surface area contributed by atoms with Crippen molar-refractivity contribution in [2.75, 3.05) is 12.0 Å². The van der Waals surface area contributed by atoms with E-state index in [4.69, 9.17) is 10.6 Å². The molecule has 1 heterocycles.